The highest BCUT2D eigenvalue weighted by atomic mass is 32.2. The first kappa shape index (κ1) is 15.9. The number of likely N-dealkylation sites (N-methyl/N-ethyl adjacent to an activating group) is 1. The van der Waals surface area contributed by atoms with Crippen LogP contribution in [0.3, 0.4) is 0 Å². The molecular weight excluding hydrogens is 274 g/mol. The fourth-order valence-corrected chi connectivity index (χ4v) is 2.71. The molecule has 1 rings (SSSR count). The lowest BCUT2D eigenvalue weighted by molar-refractivity contribution is -0.139. The van der Waals surface area contributed by atoms with Crippen molar-refractivity contribution < 1.29 is 23.1 Å². The summed E-state index contributed by atoms with van der Waals surface area (Å²) < 4.78 is 24.0. The van der Waals surface area contributed by atoms with Crippen LogP contribution in [0.4, 0.5) is 0 Å². The zero-order valence-electron chi connectivity index (χ0n) is 11.1. The molecule has 0 aromatic carbocycles. The third-order valence-electron chi connectivity index (χ3n) is 2.87. The van der Waals surface area contributed by atoms with Gasteiger partial charge in [-0.3, -0.25) is 14.5 Å². The van der Waals surface area contributed by atoms with Crippen LogP contribution in [0.1, 0.15) is 0 Å². The van der Waals surface area contributed by atoms with E-state index in [0.29, 0.717) is 13.1 Å². The Morgan fingerprint density at radius 3 is 2.11 bits per heavy atom. The van der Waals surface area contributed by atoms with Crippen LogP contribution >= 0.6 is 0 Å². The first-order valence-electron chi connectivity index (χ1n) is 5.83. The molecule has 1 aliphatic rings. The highest BCUT2D eigenvalue weighted by Gasteiger charge is 2.26. The van der Waals surface area contributed by atoms with Crippen molar-refractivity contribution in [3.63, 3.8) is 0 Å². The molecule has 0 radical (unpaired) electrons. The molecule has 1 fully saturated rings. The predicted octanol–water partition coefficient (Wildman–Crippen LogP) is -1.89. The molecule has 0 aromatic heterocycles. The lowest BCUT2D eigenvalue weighted by Gasteiger charge is -2.34. The Hall–Kier alpha value is -1.19. The van der Waals surface area contributed by atoms with Crippen molar-refractivity contribution in [2.75, 3.05) is 52.6 Å². The minimum Gasteiger partial charge on any atom is -0.480 e. The molecule has 0 aromatic rings. The van der Waals surface area contributed by atoms with Gasteiger partial charge in [0.1, 0.15) is 0 Å². The minimum absolute atomic E-state index is 0.0190. The highest BCUT2D eigenvalue weighted by Crippen LogP contribution is 2.06. The van der Waals surface area contributed by atoms with Crippen molar-refractivity contribution in [3.05, 3.63) is 0 Å². The van der Waals surface area contributed by atoms with Crippen LogP contribution in [-0.4, -0.2) is 92.1 Å². The van der Waals surface area contributed by atoms with E-state index >= 15 is 0 Å². The summed E-state index contributed by atoms with van der Waals surface area (Å²) in [6.45, 7) is 1.07. The van der Waals surface area contributed by atoms with Gasteiger partial charge >= 0.3 is 5.97 Å². The fraction of sp³-hybridized carbons (Fsp3) is 0.800. The number of carboxylic acid groups (broad SMARTS) is 1. The molecule has 0 saturated carbocycles. The topological polar surface area (TPSA) is 98.2 Å². The van der Waals surface area contributed by atoms with Crippen LogP contribution in [-0.2, 0) is 19.6 Å². The number of rotatable bonds is 5. The summed E-state index contributed by atoms with van der Waals surface area (Å²) >= 11 is 0. The lowest BCUT2D eigenvalue weighted by atomic mass is 10.3. The Balaban J connectivity index is 2.43. The number of amides is 1. The molecule has 1 N–H and O–H groups in total. The van der Waals surface area contributed by atoms with Gasteiger partial charge in [-0.05, 0) is 7.05 Å². The maximum Gasteiger partial charge on any atom is 0.317 e. The van der Waals surface area contributed by atoms with Gasteiger partial charge in [-0.15, -0.1) is 0 Å². The van der Waals surface area contributed by atoms with Crippen LogP contribution < -0.4 is 0 Å². The molecule has 0 bridgehead atoms. The molecule has 1 amide bonds. The second-order valence-corrected chi connectivity index (χ2v) is 6.59. The first-order valence-corrected chi connectivity index (χ1v) is 7.68. The molecule has 0 aliphatic carbocycles. The molecule has 110 valence electrons. The smallest absolute Gasteiger partial charge is 0.317 e. The Morgan fingerprint density at radius 1 is 1.16 bits per heavy atom. The van der Waals surface area contributed by atoms with E-state index in [1.165, 1.54) is 9.21 Å². The molecule has 1 saturated heterocycles. The average Bonchev–Trinajstić information content (AvgIpc) is 2.26. The Bertz CT molecular complexity index is 442. The normalized spacial score (nSPS) is 17.7. The maximum absolute atomic E-state index is 11.9. The quantitative estimate of drug-likeness (QED) is 0.636. The van der Waals surface area contributed by atoms with E-state index < -0.39 is 16.0 Å². The van der Waals surface area contributed by atoms with Crippen molar-refractivity contribution in [2.24, 2.45) is 0 Å². The van der Waals surface area contributed by atoms with E-state index in [1.807, 2.05) is 0 Å². The van der Waals surface area contributed by atoms with E-state index in [-0.39, 0.29) is 32.1 Å². The Morgan fingerprint density at radius 2 is 1.68 bits per heavy atom. The van der Waals surface area contributed by atoms with Gasteiger partial charge in [0.25, 0.3) is 0 Å². The number of sulfonamides is 1. The van der Waals surface area contributed by atoms with Gasteiger partial charge < -0.3 is 10.0 Å². The van der Waals surface area contributed by atoms with Crippen molar-refractivity contribution in [3.8, 4) is 0 Å². The Kier molecular flexibility index (Phi) is 5.27. The average molecular weight is 293 g/mol. The van der Waals surface area contributed by atoms with Gasteiger partial charge in [0.2, 0.25) is 15.9 Å². The van der Waals surface area contributed by atoms with E-state index in [4.69, 9.17) is 5.11 Å². The first-order chi connectivity index (χ1) is 8.70. The van der Waals surface area contributed by atoms with Gasteiger partial charge in [-0.2, -0.15) is 4.31 Å². The summed E-state index contributed by atoms with van der Waals surface area (Å²) in [7, 11) is -1.65. The van der Waals surface area contributed by atoms with Gasteiger partial charge in [0, 0.05) is 26.2 Å². The molecule has 1 aliphatic heterocycles. The number of hydrogen-bond acceptors (Lipinski definition) is 5. The van der Waals surface area contributed by atoms with Crippen molar-refractivity contribution >= 4 is 21.9 Å². The van der Waals surface area contributed by atoms with Crippen LogP contribution in [0.15, 0.2) is 0 Å². The summed E-state index contributed by atoms with van der Waals surface area (Å²) in [5.74, 6) is -1.17. The molecule has 0 atom stereocenters. The van der Waals surface area contributed by atoms with E-state index in [9.17, 15) is 18.0 Å². The van der Waals surface area contributed by atoms with Gasteiger partial charge in [0.05, 0.1) is 19.3 Å². The summed E-state index contributed by atoms with van der Waals surface area (Å²) in [6, 6.07) is 0. The number of carboxylic acids is 1. The zero-order valence-corrected chi connectivity index (χ0v) is 11.9. The van der Waals surface area contributed by atoms with Crippen molar-refractivity contribution in [1.82, 2.24) is 14.1 Å². The van der Waals surface area contributed by atoms with Gasteiger partial charge in [0.15, 0.2) is 0 Å². The summed E-state index contributed by atoms with van der Waals surface area (Å²) in [6.07, 6.45) is 1.14. The number of hydrogen-bond donors (Lipinski definition) is 1. The third kappa shape index (κ3) is 5.13. The third-order valence-corrected chi connectivity index (χ3v) is 4.17. The molecule has 8 nitrogen and oxygen atoms in total. The van der Waals surface area contributed by atoms with Crippen LogP contribution in [0.2, 0.25) is 0 Å². The van der Waals surface area contributed by atoms with Crippen molar-refractivity contribution in [2.45, 2.75) is 0 Å². The number of piperazine rings is 1. The van der Waals surface area contributed by atoms with Crippen LogP contribution in [0.25, 0.3) is 0 Å². The van der Waals surface area contributed by atoms with Crippen molar-refractivity contribution in [1.29, 1.82) is 0 Å². The molecule has 0 spiro atoms. The summed E-state index contributed by atoms with van der Waals surface area (Å²) in [5, 5.41) is 8.59. The monoisotopic (exact) mass is 293 g/mol. The summed E-state index contributed by atoms with van der Waals surface area (Å²) in [4.78, 5) is 25.3. The number of carbonyl (C=O) groups is 2. The lowest BCUT2D eigenvalue weighted by Crippen LogP contribution is -2.52. The SMILES string of the molecule is CN(CC(=O)O)CC(=O)N1CCN(S(C)(=O)=O)CC1. The second-order valence-electron chi connectivity index (χ2n) is 4.61. The standard InChI is InChI=1S/C10H19N3O5S/c1-11(8-10(15)16)7-9(14)12-3-5-13(6-4-12)19(2,17)18/h3-8H2,1-2H3,(H,15,16). The van der Waals surface area contributed by atoms with Gasteiger partial charge in [-0.1, -0.05) is 0 Å². The number of aliphatic carboxylic acids is 1. The highest BCUT2D eigenvalue weighted by molar-refractivity contribution is 7.88. The molecule has 0 unspecified atom stereocenters. The largest absolute Gasteiger partial charge is 0.480 e. The molecular formula is C10H19N3O5S. The zero-order chi connectivity index (χ0) is 14.6. The second kappa shape index (κ2) is 6.31. The molecule has 1 heterocycles. The van der Waals surface area contributed by atoms with Gasteiger partial charge in [-0.25, -0.2) is 8.42 Å². The van der Waals surface area contributed by atoms with E-state index in [1.54, 1.807) is 11.9 Å². The predicted molar refractivity (Wildman–Crippen MR) is 68.1 cm³/mol. The Labute approximate surface area is 112 Å². The van der Waals surface area contributed by atoms with Crippen LogP contribution in [0, 0.1) is 0 Å². The number of nitrogens with zero attached hydrogens (tertiary/aromatic N) is 3. The molecule has 19 heavy (non-hydrogen) atoms. The maximum atomic E-state index is 11.9. The summed E-state index contributed by atoms with van der Waals surface area (Å²) in [5.41, 5.74) is 0. The molecule has 9 heteroatoms. The fourth-order valence-electron chi connectivity index (χ4n) is 1.89. The van der Waals surface area contributed by atoms with Crippen LogP contribution in [0.5, 0.6) is 0 Å². The number of carbonyl (C=O) groups excluding carboxylic acids is 1. The minimum atomic E-state index is -3.21. The van der Waals surface area contributed by atoms with E-state index in [2.05, 4.69) is 0 Å². The van der Waals surface area contributed by atoms with E-state index in [0.717, 1.165) is 6.26 Å².